The van der Waals surface area contributed by atoms with Gasteiger partial charge in [-0.15, -0.1) is 53.2 Å². The van der Waals surface area contributed by atoms with Crippen molar-refractivity contribution in [3.8, 4) is 22.5 Å². The fourth-order valence-corrected chi connectivity index (χ4v) is 6.06. The molecule has 0 unspecified atom stereocenters. The molecule has 40 heavy (non-hydrogen) atoms. The average Bonchev–Trinajstić information content (AvgIpc) is 3.36. The van der Waals surface area contributed by atoms with Crippen LogP contribution in [0.1, 0.15) is 35.0 Å². The van der Waals surface area contributed by atoms with Gasteiger partial charge >= 0.3 is 0 Å². The van der Waals surface area contributed by atoms with Crippen molar-refractivity contribution in [1.82, 2.24) is 9.97 Å². The van der Waals surface area contributed by atoms with Crippen molar-refractivity contribution in [2.75, 3.05) is 0 Å². The van der Waals surface area contributed by atoms with Crippen molar-refractivity contribution in [1.29, 1.82) is 0 Å². The Bertz CT molecular complexity index is 1810. The SMILES string of the molecule is CC(C)c1ccc(-c2[c-]cccc2)nc1.[2H]C([2H])([2H])c1ccc(-c2[c-]cc([Si](C)(C)C)c3c2oc2ccccc23)nc1.[Ir]. The van der Waals surface area contributed by atoms with Crippen molar-refractivity contribution in [2.24, 2.45) is 0 Å². The van der Waals surface area contributed by atoms with Crippen LogP contribution in [0, 0.1) is 19.0 Å². The number of aromatic nitrogens is 2. The van der Waals surface area contributed by atoms with Gasteiger partial charge in [-0.05, 0) is 41.4 Å². The Balaban J connectivity index is 0.000000225. The van der Waals surface area contributed by atoms with Gasteiger partial charge in [0, 0.05) is 50.1 Å². The van der Waals surface area contributed by atoms with Gasteiger partial charge in [-0.2, -0.15) is 0 Å². The first-order chi connectivity index (χ1) is 19.9. The van der Waals surface area contributed by atoms with E-state index >= 15 is 0 Å². The maximum atomic E-state index is 7.52. The molecule has 0 bridgehead atoms. The van der Waals surface area contributed by atoms with Crippen LogP contribution >= 0.6 is 0 Å². The standard InChI is InChI=1S/C21H20NOSi.C14H14N.Ir/c1-14-9-11-17(22-13-14)15-10-12-19(24(2,3)4)20-16-7-5-6-8-18(16)23-21(15)20;1-11(2)13-8-9-14(15-10-13)12-6-4-3-5-7-12;/h5-9,11-13H,1-4H3;3-6,8-11H,1-2H3;/q2*-1;/i1D3;;. The molecule has 3 heterocycles. The van der Waals surface area contributed by atoms with E-state index in [4.69, 9.17) is 8.53 Å². The van der Waals surface area contributed by atoms with E-state index in [1.165, 1.54) is 16.9 Å². The van der Waals surface area contributed by atoms with Gasteiger partial charge in [0.2, 0.25) is 0 Å². The van der Waals surface area contributed by atoms with E-state index in [1.54, 1.807) is 12.1 Å². The number of furan rings is 1. The summed E-state index contributed by atoms with van der Waals surface area (Å²) in [7, 11) is -1.62. The molecule has 3 nitrogen and oxygen atoms in total. The number of hydrogen-bond acceptors (Lipinski definition) is 3. The molecule has 0 aliphatic rings. The van der Waals surface area contributed by atoms with Crippen molar-refractivity contribution in [3.05, 3.63) is 115 Å². The monoisotopic (exact) mass is 722 g/mol. The van der Waals surface area contributed by atoms with Gasteiger partial charge in [0.05, 0.1) is 5.58 Å². The summed E-state index contributed by atoms with van der Waals surface area (Å²) in [6, 6.07) is 32.1. The number of fused-ring (bicyclic) bond motifs is 3. The van der Waals surface area contributed by atoms with E-state index in [2.05, 4.69) is 79.9 Å². The second-order valence-electron chi connectivity index (χ2n) is 11.0. The Labute approximate surface area is 256 Å². The first kappa shape index (κ1) is 25.6. The van der Waals surface area contributed by atoms with Crippen LogP contribution in [-0.4, -0.2) is 18.0 Å². The Kier molecular flexibility index (Phi) is 7.95. The molecule has 0 atom stereocenters. The molecule has 5 heteroatoms. The molecule has 0 fully saturated rings. The zero-order valence-electron chi connectivity index (χ0n) is 26.4. The molecule has 0 saturated heterocycles. The summed E-state index contributed by atoms with van der Waals surface area (Å²) < 4.78 is 28.8. The molecular formula is C35H34IrN2OSi-2. The first-order valence-electron chi connectivity index (χ1n) is 14.7. The van der Waals surface area contributed by atoms with Crippen LogP contribution in [0.25, 0.3) is 44.5 Å². The van der Waals surface area contributed by atoms with Crippen LogP contribution in [0.5, 0.6) is 0 Å². The van der Waals surface area contributed by atoms with E-state index < -0.39 is 14.9 Å². The normalized spacial score (nSPS) is 12.7. The summed E-state index contributed by atoms with van der Waals surface area (Å²) >= 11 is 0. The van der Waals surface area contributed by atoms with Crippen molar-refractivity contribution in [3.63, 3.8) is 0 Å². The van der Waals surface area contributed by atoms with E-state index in [-0.39, 0.29) is 25.7 Å². The number of hydrogen-bond donors (Lipinski definition) is 0. The van der Waals surface area contributed by atoms with E-state index in [0.717, 1.165) is 38.8 Å². The minimum Gasteiger partial charge on any atom is -0.501 e. The zero-order valence-corrected chi connectivity index (χ0v) is 26.8. The van der Waals surface area contributed by atoms with E-state index in [1.807, 2.05) is 48.7 Å². The van der Waals surface area contributed by atoms with Gasteiger partial charge in [0.15, 0.2) is 0 Å². The number of nitrogens with zero attached hydrogens (tertiary/aromatic N) is 2. The minimum absolute atomic E-state index is 0. The van der Waals surface area contributed by atoms with Crippen LogP contribution < -0.4 is 5.19 Å². The third-order valence-electron chi connectivity index (χ3n) is 6.72. The summed E-state index contributed by atoms with van der Waals surface area (Å²) in [5, 5.41) is 3.52. The minimum atomic E-state index is -2.16. The number of benzene rings is 3. The number of para-hydroxylation sites is 1. The molecule has 205 valence electrons. The largest absolute Gasteiger partial charge is 0.501 e. The van der Waals surface area contributed by atoms with E-state index in [0.29, 0.717) is 11.6 Å². The maximum Gasteiger partial charge on any atom is 0.120 e. The predicted molar refractivity (Wildman–Crippen MR) is 166 cm³/mol. The zero-order chi connectivity index (χ0) is 30.1. The molecular weight excluding hydrogens is 685 g/mol. The summed E-state index contributed by atoms with van der Waals surface area (Å²) in [6.07, 6.45) is 3.36. The van der Waals surface area contributed by atoms with Crippen molar-refractivity contribution in [2.45, 2.75) is 46.3 Å². The Hall–Kier alpha value is -3.37. The third kappa shape index (κ3) is 6.33. The van der Waals surface area contributed by atoms with Crippen LogP contribution in [0.2, 0.25) is 19.6 Å². The first-order valence-corrected chi connectivity index (χ1v) is 16.7. The number of rotatable bonds is 4. The molecule has 0 saturated carbocycles. The van der Waals surface area contributed by atoms with Gasteiger partial charge in [0.1, 0.15) is 5.58 Å². The Morgan fingerprint density at radius 2 is 1.60 bits per heavy atom. The fraction of sp³-hybridized carbons (Fsp3) is 0.200. The van der Waals surface area contributed by atoms with Crippen molar-refractivity contribution < 1.29 is 28.6 Å². The molecule has 6 rings (SSSR count). The number of pyridine rings is 2. The van der Waals surface area contributed by atoms with Crippen LogP contribution in [-0.2, 0) is 20.1 Å². The van der Waals surface area contributed by atoms with Crippen LogP contribution in [0.3, 0.4) is 0 Å². The molecule has 0 aliphatic carbocycles. The molecule has 0 amide bonds. The van der Waals surface area contributed by atoms with Gasteiger partial charge in [-0.3, -0.25) is 0 Å². The Morgan fingerprint density at radius 1 is 0.850 bits per heavy atom. The van der Waals surface area contributed by atoms with Gasteiger partial charge < -0.3 is 14.4 Å². The number of aryl methyl sites for hydroxylation is 1. The molecule has 0 spiro atoms. The molecule has 0 N–H and O–H groups in total. The quantitative estimate of drug-likeness (QED) is 0.135. The average molecular weight is 722 g/mol. The summed E-state index contributed by atoms with van der Waals surface area (Å²) in [5.74, 6) is 0.534. The second-order valence-corrected chi connectivity index (χ2v) is 16.0. The van der Waals surface area contributed by atoms with Crippen molar-refractivity contribution >= 4 is 35.2 Å². The predicted octanol–water partition coefficient (Wildman–Crippen LogP) is 8.97. The van der Waals surface area contributed by atoms with Gasteiger partial charge in [-0.25, -0.2) is 0 Å². The summed E-state index contributed by atoms with van der Waals surface area (Å²) in [6.45, 7) is 9.10. The summed E-state index contributed by atoms with van der Waals surface area (Å²) in [4.78, 5) is 8.83. The maximum absolute atomic E-state index is 7.52. The third-order valence-corrected chi connectivity index (χ3v) is 8.73. The summed E-state index contributed by atoms with van der Waals surface area (Å²) in [5.41, 5.74) is 6.57. The molecule has 6 aromatic rings. The van der Waals surface area contributed by atoms with Gasteiger partial charge in [0.25, 0.3) is 0 Å². The van der Waals surface area contributed by atoms with E-state index in [9.17, 15) is 0 Å². The molecule has 1 radical (unpaired) electrons. The second kappa shape index (κ2) is 12.4. The fourth-order valence-electron chi connectivity index (χ4n) is 4.55. The van der Waals surface area contributed by atoms with Crippen LogP contribution in [0.15, 0.2) is 95.7 Å². The van der Waals surface area contributed by atoms with Gasteiger partial charge in [-0.1, -0.05) is 86.9 Å². The van der Waals surface area contributed by atoms with Crippen LogP contribution in [0.4, 0.5) is 0 Å². The Morgan fingerprint density at radius 3 is 2.23 bits per heavy atom. The molecule has 3 aromatic heterocycles. The smallest absolute Gasteiger partial charge is 0.120 e. The topological polar surface area (TPSA) is 38.9 Å². The molecule has 3 aromatic carbocycles. The molecule has 0 aliphatic heterocycles.